The van der Waals surface area contributed by atoms with Crippen molar-refractivity contribution < 1.29 is 5.11 Å². The standard InChI is InChI=1S/C13H18ClNO/c1-9(11-3-2-4-12(14)7-11)15-8-10-5-13(16)6-10/h2-4,7,9-10,13,15-16H,5-6,8H2,1H3. The van der Waals surface area contributed by atoms with Crippen molar-refractivity contribution in [2.45, 2.75) is 31.9 Å². The van der Waals surface area contributed by atoms with Crippen LogP contribution in [-0.2, 0) is 0 Å². The average Bonchev–Trinajstić information content (AvgIpc) is 2.22. The van der Waals surface area contributed by atoms with Crippen molar-refractivity contribution in [1.29, 1.82) is 0 Å². The molecular formula is C13H18ClNO. The van der Waals surface area contributed by atoms with Gasteiger partial charge in [0.25, 0.3) is 0 Å². The number of benzene rings is 1. The number of aliphatic hydroxyl groups is 1. The van der Waals surface area contributed by atoms with E-state index in [0.717, 1.165) is 24.4 Å². The number of nitrogens with one attached hydrogen (secondary N) is 1. The molecule has 2 nitrogen and oxygen atoms in total. The van der Waals surface area contributed by atoms with Gasteiger partial charge in [0.1, 0.15) is 0 Å². The Balaban J connectivity index is 1.81. The fraction of sp³-hybridized carbons (Fsp3) is 0.538. The first-order valence-corrected chi connectivity index (χ1v) is 6.20. The molecule has 0 aliphatic heterocycles. The van der Waals surface area contributed by atoms with Gasteiger partial charge in [-0.25, -0.2) is 0 Å². The molecule has 1 aromatic rings. The molecule has 1 aliphatic rings. The number of halogens is 1. The van der Waals surface area contributed by atoms with Crippen LogP contribution in [0.2, 0.25) is 5.02 Å². The van der Waals surface area contributed by atoms with Crippen LogP contribution in [0.1, 0.15) is 31.4 Å². The van der Waals surface area contributed by atoms with Crippen LogP contribution in [-0.4, -0.2) is 17.8 Å². The van der Waals surface area contributed by atoms with E-state index in [2.05, 4.69) is 18.3 Å². The smallest absolute Gasteiger partial charge is 0.0546 e. The van der Waals surface area contributed by atoms with E-state index in [1.165, 1.54) is 5.56 Å². The summed E-state index contributed by atoms with van der Waals surface area (Å²) >= 11 is 5.95. The van der Waals surface area contributed by atoms with Crippen LogP contribution >= 0.6 is 11.6 Å². The highest BCUT2D eigenvalue weighted by molar-refractivity contribution is 6.30. The van der Waals surface area contributed by atoms with Crippen molar-refractivity contribution >= 4 is 11.6 Å². The summed E-state index contributed by atoms with van der Waals surface area (Å²) in [4.78, 5) is 0. The SMILES string of the molecule is CC(NCC1CC(O)C1)c1cccc(Cl)c1. The number of hydrogen-bond acceptors (Lipinski definition) is 2. The molecular weight excluding hydrogens is 222 g/mol. The summed E-state index contributed by atoms with van der Waals surface area (Å²) in [5.74, 6) is 0.636. The van der Waals surface area contributed by atoms with Gasteiger partial charge in [-0.05, 0) is 49.9 Å². The average molecular weight is 240 g/mol. The minimum Gasteiger partial charge on any atom is -0.393 e. The Kier molecular flexibility index (Phi) is 3.85. The molecule has 0 spiro atoms. The molecule has 3 heteroatoms. The largest absolute Gasteiger partial charge is 0.393 e. The van der Waals surface area contributed by atoms with Gasteiger partial charge in [-0.1, -0.05) is 23.7 Å². The molecule has 1 unspecified atom stereocenters. The van der Waals surface area contributed by atoms with Crippen molar-refractivity contribution in [3.05, 3.63) is 34.9 Å². The molecule has 1 atom stereocenters. The Morgan fingerprint density at radius 2 is 2.25 bits per heavy atom. The van der Waals surface area contributed by atoms with Crippen molar-refractivity contribution in [1.82, 2.24) is 5.32 Å². The summed E-state index contributed by atoms with van der Waals surface area (Å²) in [7, 11) is 0. The van der Waals surface area contributed by atoms with E-state index in [4.69, 9.17) is 11.6 Å². The van der Waals surface area contributed by atoms with Crippen LogP contribution in [0, 0.1) is 5.92 Å². The lowest BCUT2D eigenvalue weighted by Crippen LogP contribution is -2.36. The second-order valence-electron chi connectivity index (χ2n) is 4.68. The maximum atomic E-state index is 9.19. The van der Waals surface area contributed by atoms with Gasteiger partial charge < -0.3 is 10.4 Å². The van der Waals surface area contributed by atoms with Gasteiger partial charge in [-0.2, -0.15) is 0 Å². The number of rotatable bonds is 4. The van der Waals surface area contributed by atoms with Gasteiger partial charge in [-0.15, -0.1) is 0 Å². The number of hydrogen-bond donors (Lipinski definition) is 2. The van der Waals surface area contributed by atoms with E-state index in [-0.39, 0.29) is 6.10 Å². The molecule has 88 valence electrons. The van der Waals surface area contributed by atoms with E-state index >= 15 is 0 Å². The first-order valence-electron chi connectivity index (χ1n) is 5.82. The summed E-state index contributed by atoms with van der Waals surface area (Å²) in [6.45, 7) is 3.12. The maximum Gasteiger partial charge on any atom is 0.0546 e. The van der Waals surface area contributed by atoms with E-state index in [0.29, 0.717) is 12.0 Å². The molecule has 2 N–H and O–H groups in total. The van der Waals surface area contributed by atoms with Crippen molar-refractivity contribution in [3.8, 4) is 0 Å². The molecule has 1 aliphatic carbocycles. The highest BCUT2D eigenvalue weighted by Gasteiger charge is 2.26. The van der Waals surface area contributed by atoms with Crippen LogP contribution in [0.4, 0.5) is 0 Å². The summed E-state index contributed by atoms with van der Waals surface area (Å²) < 4.78 is 0. The summed E-state index contributed by atoms with van der Waals surface area (Å²) in [5, 5.41) is 13.5. The predicted molar refractivity (Wildman–Crippen MR) is 66.6 cm³/mol. The van der Waals surface area contributed by atoms with Crippen LogP contribution in [0.15, 0.2) is 24.3 Å². The monoisotopic (exact) mass is 239 g/mol. The van der Waals surface area contributed by atoms with Gasteiger partial charge >= 0.3 is 0 Å². The Labute approximate surface area is 102 Å². The molecule has 0 amide bonds. The van der Waals surface area contributed by atoms with E-state index < -0.39 is 0 Å². The molecule has 2 rings (SSSR count). The Morgan fingerprint density at radius 1 is 1.50 bits per heavy atom. The molecule has 0 bridgehead atoms. The highest BCUT2D eigenvalue weighted by atomic mass is 35.5. The summed E-state index contributed by atoms with van der Waals surface area (Å²) in [6.07, 6.45) is 1.82. The Hall–Kier alpha value is -0.570. The van der Waals surface area contributed by atoms with Gasteiger partial charge in [-0.3, -0.25) is 0 Å². The van der Waals surface area contributed by atoms with Crippen LogP contribution in [0.5, 0.6) is 0 Å². The van der Waals surface area contributed by atoms with E-state index in [9.17, 15) is 5.11 Å². The molecule has 16 heavy (non-hydrogen) atoms. The molecule has 0 saturated heterocycles. The maximum absolute atomic E-state index is 9.19. The lowest BCUT2D eigenvalue weighted by Gasteiger charge is -2.32. The van der Waals surface area contributed by atoms with Crippen molar-refractivity contribution in [3.63, 3.8) is 0 Å². The molecule has 1 aromatic carbocycles. The fourth-order valence-electron chi connectivity index (χ4n) is 2.10. The Morgan fingerprint density at radius 3 is 2.88 bits per heavy atom. The van der Waals surface area contributed by atoms with Crippen LogP contribution in [0.25, 0.3) is 0 Å². The van der Waals surface area contributed by atoms with Gasteiger partial charge in [0.2, 0.25) is 0 Å². The molecule has 0 radical (unpaired) electrons. The molecule has 0 aromatic heterocycles. The van der Waals surface area contributed by atoms with Gasteiger partial charge in [0, 0.05) is 11.1 Å². The third kappa shape index (κ3) is 2.97. The van der Waals surface area contributed by atoms with Crippen molar-refractivity contribution in [2.24, 2.45) is 5.92 Å². The zero-order valence-electron chi connectivity index (χ0n) is 9.49. The lowest BCUT2D eigenvalue weighted by atomic mass is 9.82. The topological polar surface area (TPSA) is 32.3 Å². The zero-order chi connectivity index (χ0) is 11.5. The lowest BCUT2D eigenvalue weighted by molar-refractivity contribution is 0.0420. The minimum atomic E-state index is -0.0618. The second-order valence-corrected chi connectivity index (χ2v) is 5.11. The third-order valence-corrected chi connectivity index (χ3v) is 3.51. The minimum absolute atomic E-state index is 0.0618. The first kappa shape index (κ1) is 11.9. The highest BCUT2D eigenvalue weighted by Crippen LogP contribution is 2.27. The second kappa shape index (κ2) is 5.17. The third-order valence-electron chi connectivity index (χ3n) is 3.27. The molecule has 0 heterocycles. The van der Waals surface area contributed by atoms with E-state index in [1.54, 1.807) is 0 Å². The predicted octanol–water partition coefficient (Wildman–Crippen LogP) is 2.76. The number of aliphatic hydroxyl groups excluding tert-OH is 1. The quantitative estimate of drug-likeness (QED) is 0.847. The normalized spacial score (nSPS) is 26.2. The van der Waals surface area contributed by atoms with Crippen LogP contribution < -0.4 is 5.32 Å². The van der Waals surface area contributed by atoms with Gasteiger partial charge in [0.05, 0.1) is 6.10 Å². The Bertz CT molecular complexity index is 350. The first-order chi connectivity index (χ1) is 7.65. The molecule has 1 saturated carbocycles. The molecule has 1 fully saturated rings. The van der Waals surface area contributed by atoms with E-state index in [1.807, 2.05) is 18.2 Å². The van der Waals surface area contributed by atoms with Crippen molar-refractivity contribution in [2.75, 3.05) is 6.54 Å². The zero-order valence-corrected chi connectivity index (χ0v) is 10.2. The van der Waals surface area contributed by atoms with Crippen LogP contribution in [0.3, 0.4) is 0 Å². The van der Waals surface area contributed by atoms with Gasteiger partial charge in [0.15, 0.2) is 0 Å². The summed E-state index contributed by atoms with van der Waals surface area (Å²) in [6, 6.07) is 8.26. The fourth-order valence-corrected chi connectivity index (χ4v) is 2.30. The summed E-state index contributed by atoms with van der Waals surface area (Å²) in [5.41, 5.74) is 1.22.